The fourth-order valence-electron chi connectivity index (χ4n) is 2.24. The summed E-state index contributed by atoms with van der Waals surface area (Å²) >= 11 is 0. The summed E-state index contributed by atoms with van der Waals surface area (Å²) in [6.45, 7) is 0.639. The first-order chi connectivity index (χ1) is 10.2. The van der Waals surface area contributed by atoms with Gasteiger partial charge in [0.15, 0.2) is 0 Å². The zero-order valence-electron chi connectivity index (χ0n) is 12.0. The lowest BCUT2D eigenvalue weighted by molar-refractivity contribution is 0.412. The number of ether oxygens (including phenoxy) is 1. The number of aryl methyl sites for hydroxylation is 1. The summed E-state index contributed by atoms with van der Waals surface area (Å²) in [7, 11) is 3.53. The summed E-state index contributed by atoms with van der Waals surface area (Å²) < 4.78 is 7.04. The minimum Gasteiger partial charge on any atom is -0.495 e. The van der Waals surface area contributed by atoms with Crippen molar-refractivity contribution in [3.8, 4) is 5.75 Å². The molecule has 3 rings (SSSR count). The van der Waals surface area contributed by atoms with Gasteiger partial charge in [-0.15, -0.1) is 0 Å². The SMILES string of the molecule is COc1cncc(CNc2cccc3c2nc(N)n3C)c1. The fourth-order valence-corrected chi connectivity index (χ4v) is 2.24. The van der Waals surface area contributed by atoms with Gasteiger partial charge < -0.3 is 20.4 Å². The van der Waals surface area contributed by atoms with Gasteiger partial charge in [-0.2, -0.15) is 0 Å². The van der Waals surface area contributed by atoms with Crippen LogP contribution in [0, 0.1) is 0 Å². The molecule has 0 bridgehead atoms. The van der Waals surface area contributed by atoms with Crippen LogP contribution in [-0.4, -0.2) is 21.6 Å². The summed E-state index contributed by atoms with van der Waals surface area (Å²) in [5.74, 6) is 1.25. The van der Waals surface area contributed by atoms with Gasteiger partial charge in [-0.3, -0.25) is 4.98 Å². The second-order valence-electron chi connectivity index (χ2n) is 4.79. The maximum Gasteiger partial charge on any atom is 0.201 e. The number of pyridine rings is 1. The van der Waals surface area contributed by atoms with Crippen LogP contribution in [0.4, 0.5) is 11.6 Å². The number of aromatic nitrogens is 3. The lowest BCUT2D eigenvalue weighted by atomic mass is 10.2. The Morgan fingerprint density at radius 1 is 1.33 bits per heavy atom. The molecule has 0 saturated heterocycles. The van der Waals surface area contributed by atoms with E-state index in [1.807, 2.05) is 42.1 Å². The Kier molecular flexibility index (Phi) is 3.35. The Labute approximate surface area is 122 Å². The first-order valence-corrected chi connectivity index (χ1v) is 6.61. The second kappa shape index (κ2) is 5.32. The number of hydrogen-bond donors (Lipinski definition) is 2. The molecule has 0 radical (unpaired) electrons. The zero-order chi connectivity index (χ0) is 14.8. The molecule has 108 valence electrons. The predicted molar refractivity (Wildman–Crippen MR) is 83.2 cm³/mol. The molecular formula is C15H17N5O. The largest absolute Gasteiger partial charge is 0.495 e. The van der Waals surface area contributed by atoms with Crippen molar-refractivity contribution in [2.45, 2.75) is 6.54 Å². The van der Waals surface area contributed by atoms with Gasteiger partial charge in [0, 0.05) is 19.8 Å². The van der Waals surface area contributed by atoms with Crippen LogP contribution >= 0.6 is 0 Å². The molecule has 0 aliphatic heterocycles. The number of nitrogens with zero attached hydrogens (tertiary/aromatic N) is 3. The van der Waals surface area contributed by atoms with E-state index < -0.39 is 0 Å². The van der Waals surface area contributed by atoms with Gasteiger partial charge in [0.25, 0.3) is 0 Å². The van der Waals surface area contributed by atoms with Crippen LogP contribution in [-0.2, 0) is 13.6 Å². The molecule has 0 aliphatic carbocycles. The van der Waals surface area contributed by atoms with Crippen molar-refractivity contribution < 1.29 is 4.74 Å². The monoisotopic (exact) mass is 283 g/mol. The normalized spacial score (nSPS) is 10.8. The first-order valence-electron chi connectivity index (χ1n) is 6.61. The highest BCUT2D eigenvalue weighted by atomic mass is 16.5. The molecule has 0 saturated carbocycles. The van der Waals surface area contributed by atoms with Crippen molar-refractivity contribution in [1.82, 2.24) is 14.5 Å². The predicted octanol–water partition coefficient (Wildman–Crippen LogP) is 2.17. The molecule has 0 unspecified atom stereocenters. The van der Waals surface area contributed by atoms with Gasteiger partial charge in [0.05, 0.1) is 24.5 Å². The minimum atomic E-state index is 0.502. The Hall–Kier alpha value is -2.76. The molecular weight excluding hydrogens is 266 g/mol. The molecule has 1 aromatic carbocycles. The molecule has 6 nitrogen and oxygen atoms in total. The number of nitrogens with one attached hydrogen (secondary N) is 1. The summed E-state index contributed by atoms with van der Waals surface area (Å²) in [5.41, 5.74) is 9.72. The molecule has 3 aromatic rings. The number of benzene rings is 1. The average Bonchev–Trinajstić information content (AvgIpc) is 2.81. The molecule has 6 heteroatoms. The number of fused-ring (bicyclic) bond motifs is 1. The van der Waals surface area contributed by atoms with Crippen molar-refractivity contribution >= 4 is 22.7 Å². The molecule has 2 heterocycles. The summed E-state index contributed by atoms with van der Waals surface area (Å²) in [4.78, 5) is 8.54. The molecule has 2 aromatic heterocycles. The number of anilines is 2. The van der Waals surface area contributed by atoms with Gasteiger partial charge in [-0.05, 0) is 23.8 Å². The number of rotatable bonds is 4. The third-order valence-electron chi connectivity index (χ3n) is 3.43. The van der Waals surface area contributed by atoms with Gasteiger partial charge in [-0.1, -0.05) is 6.07 Å². The van der Waals surface area contributed by atoms with E-state index in [1.54, 1.807) is 13.3 Å². The highest BCUT2D eigenvalue weighted by molar-refractivity contribution is 5.90. The van der Waals surface area contributed by atoms with Crippen LogP contribution in [0.5, 0.6) is 5.75 Å². The third kappa shape index (κ3) is 2.47. The summed E-state index contributed by atoms with van der Waals surface area (Å²) in [5, 5.41) is 3.37. The highest BCUT2D eigenvalue weighted by Gasteiger charge is 2.08. The van der Waals surface area contributed by atoms with E-state index in [1.165, 1.54) is 0 Å². The lowest BCUT2D eigenvalue weighted by Gasteiger charge is -2.08. The average molecular weight is 283 g/mol. The minimum absolute atomic E-state index is 0.502. The Balaban J connectivity index is 1.86. The van der Waals surface area contributed by atoms with Crippen molar-refractivity contribution in [2.75, 3.05) is 18.2 Å². The number of nitrogens with two attached hydrogens (primary N) is 1. The standard InChI is InChI=1S/C15H17N5O/c1-20-13-5-3-4-12(14(13)19-15(20)16)18-8-10-6-11(21-2)9-17-7-10/h3-7,9,18H,8H2,1-2H3,(H2,16,19). The maximum atomic E-state index is 5.86. The van der Waals surface area contributed by atoms with E-state index in [0.717, 1.165) is 28.0 Å². The number of nitrogen functional groups attached to an aromatic ring is 1. The van der Waals surface area contributed by atoms with E-state index >= 15 is 0 Å². The van der Waals surface area contributed by atoms with E-state index in [2.05, 4.69) is 15.3 Å². The van der Waals surface area contributed by atoms with E-state index in [9.17, 15) is 0 Å². The summed E-state index contributed by atoms with van der Waals surface area (Å²) in [6, 6.07) is 7.92. The van der Waals surface area contributed by atoms with Gasteiger partial charge >= 0.3 is 0 Å². The van der Waals surface area contributed by atoms with Crippen LogP contribution in [0.2, 0.25) is 0 Å². The van der Waals surface area contributed by atoms with Gasteiger partial charge in [0.2, 0.25) is 5.95 Å². The topological polar surface area (TPSA) is 78.0 Å². The maximum absolute atomic E-state index is 5.86. The summed E-state index contributed by atoms with van der Waals surface area (Å²) in [6.07, 6.45) is 3.49. The number of para-hydroxylation sites is 1. The first kappa shape index (κ1) is 13.2. The molecule has 0 atom stereocenters. The lowest BCUT2D eigenvalue weighted by Crippen LogP contribution is -2.01. The zero-order valence-corrected chi connectivity index (χ0v) is 12.0. The molecule has 0 aliphatic rings. The molecule has 0 amide bonds. The van der Waals surface area contributed by atoms with Crippen molar-refractivity contribution in [3.05, 3.63) is 42.2 Å². The number of methoxy groups -OCH3 is 1. The molecule has 3 N–H and O–H groups in total. The Bertz CT molecular complexity index is 781. The van der Waals surface area contributed by atoms with E-state index in [4.69, 9.17) is 10.5 Å². The van der Waals surface area contributed by atoms with Crippen molar-refractivity contribution in [1.29, 1.82) is 0 Å². The van der Waals surface area contributed by atoms with Gasteiger partial charge in [0.1, 0.15) is 11.3 Å². The Morgan fingerprint density at radius 2 is 2.19 bits per heavy atom. The third-order valence-corrected chi connectivity index (χ3v) is 3.43. The van der Waals surface area contributed by atoms with Crippen LogP contribution in [0.15, 0.2) is 36.7 Å². The van der Waals surface area contributed by atoms with Crippen molar-refractivity contribution in [2.24, 2.45) is 7.05 Å². The van der Waals surface area contributed by atoms with Gasteiger partial charge in [-0.25, -0.2) is 4.98 Å². The van der Waals surface area contributed by atoms with Crippen LogP contribution in [0.1, 0.15) is 5.56 Å². The number of imidazole rings is 1. The number of hydrogen-bond acceptors (Lipinski definition) is 5. The second-order valence-corrected chi connectivity index (χ2v) is 4.79. The Morgan fingerprint density at radius 3 is 3.00 bits per heavy atom. The van der Waals surface area contributed by atoms with Crippen LogP contribution in [0.3, 0.4) is 0 Å². The van der Waals surface area contributed by atoms with Crippen LogP contribution in [0.25, 0.3) is 11.0 Å². The van der Waals surface area contributed by atoms with E-state index in [0.29, 0.717) is 12.5 Å². The smallest absolute Gasteiger partial charge is 0.201 e. The molecule has 21 heavy (non-hydrogen) atoms. The quantitative estimate of drug-likeness (QED) is 0.767. The fraction of sp³-hybridized carbons (Fsp3) is 0.200. The molecule has 0 spiro atoms. The highest BCUT2D eigenvalue weighted by Crippen LogP contribution is 2.24. The van der Waals surface area contributed by atoms with Crippen molar-refractivity contribution in [3.63, 3.8) is 0 Å². The molecule has 0 fully saturated rings. The van der Waals surface area contributed by atoms with Crippen LogP contribution < -0.4 is 15.8 Å². The van der Waals surface area contributed by atoms with E-state index in [-0.39, 0.29) is 0 Å².